The summed E-state index contributed by atoms with van der Waals surface area (Å²) in [6.07, 6.45) is 1.75. The first-order valence-electron chi connectivity index (χ1n) is 7.90. The first kappa shape index (κ1) is 15.7. The number of hydrogen-bond acceptors (Lipinski definition) is 4. The molecular formula is C19H16N4OS. The van der Waals surface area contributed by atoms with E-state index in [-0.39, 0.29) is 5.91 Å². The molecule has 4 aromatic rings. The number of rotatable bonds is 4. The molecule has 0 atom stereocenters. The third-order valence-electron chi connectivity index (χ3n) is 4.00. The second kappa shape index (κ2) is 6.57. The van der Waals surface area contributed by atoms with Crippen LogP contribution in [0.1, 0.15) is 0 Å². The number of pyridine rings is 1. The van der Waals surface area contributed by atoms with Crippen molar-refractivity contribution < 1.29 is 4.79 Å². The van der Waals surface area contributed by atoms with Crippen molar-refractivity contribution in [3.05, 3.63) is 60.8 Å². The molecule has 1 amide bonds. The van der Waals surface area contributed by atoms with Crippen molar-refractivity contribution in [3.63, 3.8) is 0 Å². The fourth-order valence-corrected chi connectivity index (χ4v) is 3.57. The molecule has 0 saturated carbocycles. The van der Waals surface area contributed by atoms with Gasteiger partial charge in [0.05, 0.1) is 28.0 Å². The van der Waals surface area contributed by atoms with Crippen LogP contribution < -0.4 is 5.32 Å². The first-order valence-corrected chi connectivity index (χ1v) is 8.89. The van der Waals surface area contributed by atoms with Crippen molar-refractivity contribution in [2.24, 2.45) is 7.05 Å². The van der Waals surface area contributed by atoms with Crippen LogP contribution in [0, 0.1) is 0 Å². The highest BCUT2D eigenvalue weighted by Crippen LogP contribution is 2.24. The maximum atomic E-state index is 12.4. The lowest BCUT2D eigenvalue weighted by molar-refractivity contribution is -0.113. The summed E-state index contributed by atoms with van der Waals surface area (Å²) in [6.45, 7) is 0. The largest absolute Gasteiger partial charge is 0.325 e. The number of benzene rings is 2. The fourth-order valence-electron chi connectivity index (χ4n) is 2.78. The van der Waals surface area contributed by atoms with Crippen molar-refractivity contribution in [1.82, 2.24) is 14.5 Å². The second-order valence-electron chi connectivity index (χ2n) is 5.65. The average Bonchev–Trinajstić information content (AvgIpc) is 2.97. The molecule has 0 fully saturated rings. The standard InChI is InChI=1S/C19H16N4OS/c1-23-17-10-3-2-7-16(17)22-19(23)25-12-18(24)21-15-9-4-8-14-13(15)6-5-11-20-14/h2-11H,12H2,1H3,(H,21,24). The summed E-state index contributed by atoms with van der Waals surface area (Å²) in [5.74, 6) is 0.238. The van der Waals surface area contributed by atoms with Crippen LogP contribution in [0.4, 0.5) is 5.69 Å². The zero-order chi connectivity index (χ0) is 17.2. The van der Waals surface area contributed by atoms with Gasteiger partial charge in [-0.25, -0.2) is 4.98 Å². The molecule has 0 spiro atoms. The van der Waals surface area contributed by atoms with E-state index in [9.17, 15) is 4.79 Å². The number of amides is 1. The van der Waals surface area contributed by atoms with Crippen LogP contribution >= 0.6 is 11.8 Å². The Labute approximate surface area is 149 Å². The lowest BCUT2D eigenvalue weighted by atomic mass is 10.2. The molecule has 0 aliphatic heterocycles. The highest BCUT2D eigenvalue weighted by atomic mass is 32.2. The predicted octanol–water partition coefficient (Wildman–Crippen LogP) is 3.85. The van der Waals surface area contributed by atoms with E-state index < -0.39 is 0 Å². The summed E-state index contributed by atoms with van der Waals surface area (Å²) in [5, 5.41) is 4.74. The van der Waals surface area contributed by atoms with Gasteiger partial charge in [0.25, 0.3) is 0 Å². The second-order valence-corrected chi connectivity index (χ2v) is 6.60. The van der Waals surface area contributed by atoms with E-state index in [1.165, 1.54) is 11.8 Å². The summed E-state index contributed by atoms with van der Waals surface area (Å²) >= 11 is 1.43. The molecule has 0 unspecified atom stereocenters. The van der Waals surface area contributed by atoms with Crippen molar-refractivity contribution in [2.75, 3.05) is 11.1 Å². The van der Waals surface area contributed by atoms with E-state index in [1.807, 2.05) is 66.2 Å². The van der Waals surface area contributed by atoms with Crippen molar-refractivity contribution in [1.29, 1.82) is 0 Å². The lowest BCUT2D eigenvalue weighted by Gasteiger charge is -2.08. The first-order chi connectivity index (χ1) is 12.2. The molecule has 0 radical (unpaired) electrons. The molecule has 2 aromatic carbocycles. The molecule has 5 nitrogen and oxygen atoms in total. The van der Waals surface area contributed by atoms with Gasteiger partial charge in [-0.05, 0) is 36.4 Å². The Kier molecular flexibility index (Phi) is 4.11. The molecule has 0 aliphatic rings. The number of fused-ring (bicyclic) bond motifs is 2. The summed E-state index contributed by atoms with van der Waals surface area (Å²) in [5.41, 5.74) is 3.64. The van der Waals surface area contributed by atoms with E-state index in [2.05, 4.69) is 15.3 Å². The Bertz CT molecular complexity index is 1070. The van der Waals surface area contributed by atoms with Crippen molar-refractivity contribution >= 4 is 45.3 Å². The number of thioether (sulfide) groups is 1. The summed E-state index contributed by atoms with van der Waals surface area (Å²) in [6, 6.07) is 17.5. The number of aromatic nitrogens is 3. The Morgan fingerprint density at radius 2 is 1.92 bits per heavy atom. The number of carbonyl (C=O) groups is 1. The maximum absolute atomic E-state index is 12.4. The molecular weight excluding hydrogens is 332 g/mol. The van der Waals surface area contributed by atoms with E-state index >= 15 is 0 Å². The summed E-state index contributed by atoms with van der Waals surface area (Å²) in [4.78, 5) is 21.3. The quantitative estimate of drug-likeness (QED) is 0.569. The number of carbonyl (C=O) groups excluding carboxylic acids is 1. The summed E-state index contributed by atoms with van der Waals surface area (Å²) in [7, 11) is 1.96. The Balaban J connectivity index is 1.49. The third kappa shape index (κ3) is 3.08. The predicted molar refractivity (Wildman–Crippen MR) is 102 cm³/mol. The number of nitrogens with one attached hydrogen (secondary N) is 1. The van der Waals surface area contributed by atoms with Gasteiger partial charge in [0.15, 0.2) is 5.16 Å². The van der Waals surface area contributed by atoms with Gasteiger partial charge >= 0.3 is 0 Å². The van der Waals surface area contributed by atoms with Gasteiger partial charge in [0.2, 0.25) is 5.91 Å². The zero-order valence-electron chi connectivity index (χ0n) is 13.6. The summed E-state index contributed by atoms with van der Waals surface area (Å²) < 4.78 is 2.01. The minimum absolute atomic E-state index is 0.0617. The fraction of sp³-hybridized carbons (Fsp3) is 0.105. The molecule has 124 valence electrons. The van der Waals surface area contributed by atoms with Crippen LogP contribution in [0.2, 0.25) is 0 Å². The monoisotopic (exact) mass is 348 g/mol. The van der Waals surface area contributed by atoms with Crippen LogP contribution in [0.25, 0.3) is 21.9 Å². The van der Waals surface area contributed by atoms with Crippen molar-refractivity contribution in [3.8, 4) is 0 Å². The SMILES string of the molecule is Cn1c(SCC(=O)Nc2cccc3ncccc23)nc2ccccc21. The van der Waals surface area contributed by atoms with Gasteiger partial charge in [-0.15, -0.1) is 0 Å². The molecule has 25 heavy (non-hydrogen) atoms. The number of aryl methyl sites for hydroxylation is 1. The maximum Gasteiger partial charge on any atom is 0.234 e. The normalized spacial score (nSPS) is 11.1. The number of para-hydroxylation sites is 2. The minimum Gasteiger partial charge on any atom is -0.325 e. The molecule has 0 saturated heterocycles. The van der Waals surface area contributed by atoms with Crippen LogP contribution in [0.3, 0.4) is 0 Å². The molecule has 0 bridgehead atoms. The van der Waals surface area contributed by atoms with Crippen molar-refractivity contribution in [2.45, 2.75) is 5.16 Å². The Morgan fingerprint density at radius 1 is 1.08 bits per heavy atom. The lowest BCUT2D eigenvalue weighted by Crippen LogP contribution is -2.14. The number of imidazole rings is 1. The average molecular weight is 348 g/mol. The number of anilines is 1. The van der Waals surface area contributed by atoms with Gasteiger partial charge in [-0.1, -0.05) is 30.0 Å². The molecule has 4 rings (SSSR count). The molecule has 2 heterocycles. The topological polar surface area (TPSA) is 59.8 Å². The van der Waals surface area contributed by atoms with Gasteiger partial charge in [-0.3, -0.25) is 9.78 Å². The zero-order valence-corrected chi connectivity index (χ0v) is 14.5. The van der Waals surface area contributed by atoms with E-state index in [0.717, 1.165) is 32.8 Å². The van der Waals surface area contributed by atoms with Crippen LogP contribution in [0.15, 0.2) is 66.0 Å². The highest BCUT2D eigenvalue weighted by Gasteiger charge is 2.11. The van der Waals surface area contributed by atoms with Crippen LogP contribution in [-0.4, -0.2) is 26.2 Å². The highest BCUT2D eigenvalue weighted by molar-refractivity contribution is 7.99. The van der Waals surface area contributed by atoms with Gasteiger partial charge in [0, 0.05) is 18.6 Å². The minimum atomic E-state index is -0.0617. The Morgan fingerprint density at radius 3 is 2.80 bits per heavy atom. The molecule has 6 heteroatoms. The van der Waals surface area contributed by atoms with Gasteiger partial charge in [-0.2, -0.15) is 0 Å². The number of hydrogen-bond donors (Lipinski definition) is 1. The third-order valence-corrected chi connectivity index (χ3v) is 5.03. The van der Waals surface area contributed by atoms with Gasteiger partial charge in [0.1, 0.15) is 0 Å². The Hall–Kier alpha value is -2.86. The molecule has 0 aliphatic carbocycles. The van der Waals surface area contributed by atoms with Crippen LogP contribution in [-0.2, 0) is 11.8 Å². The van der Waals surface area contributed by atoms with Gasteiger partial charge < -0.3 is 9.88 Å². The molecule has 2 aromatic heterocycles. The molecule has 1 N–H and O–H groups in total. The smallest absolute Gasteiger partial charge is 0.234 e. The number of nitrogens with zero attached hydrogens (tertiary/aromatic N) is 3. The van der Waals surface area contributed by atoms with Crippen LogP contribution in [0.5, 0.6) is 0 Å². The van der Waals surface area contributed by atoms with E-state index in [0.29, 0.717) is 5.75 Å². The van der Waals surface area contributed by atoms with E-state index in [1.54, 1.807) is 6.20 Å². The van der Waals surface area contributed by atoms with E-state index in [4.69, 9.17) is 0 Å².